The van der Waals surface area contributed by atoms with Gasteiger partial charge in [0.2, 0.25) is 0 Å². The highest BCUT2D eigenvalue weighted by Gasteiger charge is 2.36. The first-order chi connectivity index (χ1) is 8.96. The fourth-order valence-corrected chi connectivity index (χ4v) is 1.54. The molecule has 0 aromatic carbocycles. The third-order valence-corrected chi connectivity index (χ3v) is 2.41. The van der Waals surface area contributed by atoms with Gasteiger partial charge in [-0.05, 0) is 11.5 Å². The molecular weight excluding hydrogens is 277 g/mol. The molecule has 1 aromatic rings. The molecule has 0 saturated carbocycles. The van der Waals surface area contributed by atoms with Crippen molar-refractivity contribution in [3.05, 3.63) is 23.0 Å². The molecule has 20 heavy (non-hydrogen) atoms. The third-order valence-electron chi connectivity index (χ3n) is 2.41. The lowest BCUT2D eigenvalue weighted by Crippen LogP contribution is -2.23. The van der Waals surface area contributed by atoms with Crippen molar-refractivity contribution in [1.82, 2.24) is 4.98 Å². The summed E-state index contributed by atoms with van der Waals surface area (Å²) in [5, 5.41) is 0. The first-order valence-electron chi connectivity index (χ1n) is 5.52. The number of carbonyl (C=O) groups excluding carboxylic acids is 2. The van der Waals surface area contributed by atoms with Gasteiger partial charge in [-0.15, -0.1) is 0 Å². The van der Waals surface area contributed by atoms with Crippen LogP contribution in [-0.2, 0) is 11.6 Å². The summed E-state index contributed by atoms with van der Waals surface area (Å²) < 4.78 is 42.9. The SMILES string of the molecule is CC(C)(C)c1cc(C(F)(F)F)nc(C=O)c1OC(N)=O. The van der Waals surface area contributed by atoms with Crippen LogP contribution in [0.3, 0.4) is 0 Å². The molecule has 0 radical (unpaired) electrons. The fraction of sp³-hybridized carbons (Fsp3) is 0.417. The van der Waals surface area contributed by atoms with Gasteiger partial charge in [0.15, 0.2) is 12.0 Å². The molecule has 1 aromatic heterocycles. The molecule has 0 atom stereocenters. The highest BCUT2D eigenvalue weighted by molar-refractivity contribution is 5.81. The maximum absolute atomic E-state index is 12.8. The maximum atomic E-state index is 12.8. The molecule has 0 spiro atoms. The van der Waals surface area contributed by atoms with Gasteiger partial charge in [-0.2, -0.15) is 13.2 Å². The quantitative estimate of drug-likeness (QED) is 0.849. The molecule has 1 rings (SSSR count). The fourth-order valence-electron chi connectivity index (χ4n) is 1.54. The van der Waals surface area contributed by atoms with E-state index in [-0.39, 0.29) is 17.6 Å². The van der Waals surface area contributed by atoms with Crippen LogP contribution >= 0.6 is 0 Å². The van der Waals surface area contributed by atoms with Gasteiger partial charge in [0.25, 0.3) is 0 Å². The average Bonchev–Trinajstić information content (AvgIpc) is 2.25. The van der Waals surface area contributed by atoms with Gasteiger partial charge < -0.3 is 10.5 Å². The molecule has 0 aliphatic heterocycles. The molecule has 8 heteroatoms. The van der Waals surface area contributed by atoms with Crippen molar-refractivity contribution in [2.24, 2.45) is 5.73 Å². The normalized spacial score (nSPS) is 12.1. The predicted molar refractivity (Wildman–Crippen MR) is 63.5 cm³/mol. The zero-order valence-electron chi connectivity index (χ0n) is 11.0. The average molecular weight is 290 g/mol. The van der Waals surface area contributed by atoms with Crippen molar-refractivity contribution in [3.8, 4) is 5.75 Å². The Morgan fingerprint density at radius 2 is 1.90 bits per heavy atom. The van der Waals surface area contributed by atoms with Gasteiger partial charge in [0.05, 0.1) is 0 Å². The number of nitrogens with zero attached hydrogens (tertiary/aromatic N) is 1. The van der Waals surface area contributed by atoms with Crippen LogP contribution in [0, 0.1) is 0 Å². The predicted octanol–water partition coefficient (Wildman–Crippen LogP) is 2.67. The van der Waals surface area contributed by atoms with Crippen LogP contribution in [0.2, 0.25) is 0 Å². The van der Waals surface area contributed by atoms with E-state index < -0.39 is 29.1 Å². The van der Waals surface area contributed by atoms with E-state index in [9.17, 15) is 22.8 Å². The first-order valence-corrected chi connectivity index (χ1v) is 5.52. The van der Waals surface area contributed by atoms with E-state index in [1.165, 1.54) is 0 Å². The molecule has 0 aliphatic carbocycles. The van der Waals surface area contributed by atoms with Crippen LogP contribution in [0.1, 0.15) is 42.5 Å². The Kier molecular flexibility index (Phi) is 4.07. The topological polar surface area (TPSA) is 82.3 Å². The lowest BCUT2D eigenvalue weighted by Gasteiger charge is -2.23. The Balaban J connectivity index is 3.65. The number of aldehydes is 1. The molecule has 5 nitrogen and oxygen atoms in total. The zero-order chi connectivity index (χ0) is 15.7. The van der Waals surface area contributed by atoms with Crippen molar-refractivity contribution in [1.29, 1.82) is 0 Å². The van der Waals surface area contributed by atoms with Gasteiger partial charge in [-0.1, -0.05) is 20.8 Å². The van der Waals surface area contributed by atoms with Crippen LogP contribution in [0.15, 0.2) is 6.07 Å². The van der Waals surface area contributed by atoms with E-state index in [1.54, 1.807) is 20.8 Å². The van der Waals surface area contributed by atoms with Gasteiger partial charge in [0.1, 0.15) is 11.4 Å². The largest absolute Gasteiger partial charge is 0.433 e. The van der Waals surface area contributed by atoms with Crippen molar-refractivity contribution in [2.75, 3.05) is 0 Å². The highest BCUT2D eigenvalue weighted by atomic mass is 19.4. The zero-order valence-corrected chi connectivity index (χ0v) is 11.0. The smallest absolute Gasteiger partial charge is 0.408 e. The van der Waals surface area contributed by atoms with E-state index in [4.69, 9.17) is 5.73 Å². The van der Waals surface area contributed by atoms with Crippen LogP contribution in [0.4, 0.5) is 18.0 Å². The van der Waals surface area contributed by atoms with Crippen molar-refractivity contribution in [3.63, 3.8) is 0 Å². The van der Waals surface area contributed by atoms with Gasteiger partial charge in [-0.3, -0.25) is 4.79 Å². The molecule has 0 saturated heterocycles. The van der Waals surface area contributed by atoms with Crippen molar-refractivity contribution in [2.45, 2.75) is 32.4 Å². The first kappa shape index (κ1) is 15.9. The Labute approximate surface area is 112 Å². The number of nitrogens with two attached hydrogens (primary N) is 1. The van der Waals surface area contributed by atoms with E-state index >= 15 is 0 Å². The van der Waals surface area contributed by atoms with Crippen LogP contribution < -0.4 is 10.5 Å². The van der Waals surface area contributed by atoms with Crippen molar-refractivity contribution < 1.29 is 27.5 Å². The van der Waals surface area contributed by atoms with E-state index in [2.05, 4.69) is 9.72 Å². The second kappa shape index (κ2) is 5.10. The molecule has 0 bridgehead atoms. The molecule has 1 heterocycles. The minimum Gasteiger partial charge on any atom is -0.408 e. The Morgan fingerprint density at radius 1 is 1.35 bits per heavy atom. The summed E-state index contributed by atoms with van der Waals surface area (Å²) in [5.74, 6) is -0.354. The third kappa shape index (κ3) is 3.46. The summed E-state index contributed by atoms with van der Waals surface area (Å²) in [5.41, 5.74) is 2.20. The molecular formula is C12H13F3N2O3. The standard InChI is InChI=1S/C12H13F3N2O3/c1-11(2,3)6-4-8(12(13,14)15)17-7(5-18)9(6)20-10(16)19/h4-5H,1-3H3,(H2,16,19). The van der Waals surface area contributed by atoms with Crippen molar-refractivity contribution >= 4 is 12.4 Å². The number of hydrogen-bond donors (Lipinski definition) is 1. The molecule has 1 amide bonds. The Hall–Kier alpha value is -2.12. The second-order valence-electron chi connectivity index (χ2n) is 5.06. The lowest BCUT2D eigenvalue weighted by molar-refractivity contribution is -0.141. The number of hydrogen-bond acceptors (Lipinski definition) is 4. The molecule has 2 N–H and O–H groups in total. The summed E-state index contributed by atoms with van der Waals surface area (Å²) in [6.07, 6.45) is -5.87. The number of alkyl halides is 3. The summed E-state index contributed by atoms with van der Waals surface area (Å²) in [4.78, 5) is 24.9. The summed E-state index contributed by atoms with van der Waals surface area (Å²) >= 11 is 0. The number of rotatable bonds is 2. The Morgan fingerprint density at radius 3 is 2.25 bits per heavy atom. The van der Waals surface area contributed by atoms with E-state index in [0.717, 1.165) is 6.07 Å². The van der Waals surface area contributed by atoms with Gasteiger partial charge in [-0.25, -0.2) is 9.78 Å². The molecule has 110 valence electrons. The van der Waals surface area contributed by atoms with E-state index in [1.807, 2.05) is 0 Å². The molecule has 0 unspecified atom stereocenters. The number of carbonyl (C=O) groups is 2. The maximum Gasteiger partial charge on any atom is 0.433 e. The number of ether oxygens (including phenoxy) is 1. The number of aromatic nitrogens is 1. The van der Waals surface area contributed by atoms with Gasteiger partial charge >= 0.3 is 12.3 Å². The number of halogens is 3. The van der Waals surface area contributed by atoms with Gasteiger partial charge in [0, 0.05) is 5.56 Å². The summed E-state index contributed by atoms with van der Waals surface area (Å²) in [7, 11) is 0. The molecule has 0 fully saturated rings. The Bertz CT molecular complexity index is 548. The lowest BCUT2D eigenvalue weighted by atomic mass is 9.85. The number of amides is 1. The summed E-state index contributed by atoms with van der Waals surface area (Å²) in [6, 6.07) is 0.741. The monoisotopic (exact) mass is 290 g/mol. The number of pyridine rings is 1. The number of primary amides is 1. The minimum atomic E-state index is -4.72. The van der Waals surface area contributed by atoms with Crippen LogP contribution in [0.5, 0.6) is 5.75 Å². The summed E-state index contributed by atoms with van der Waals surface area (Å²) in [6.45, 7) is 4.81. The second-order valence-corrected chi connectivity index (χ2v) is 5.06. The van der Waals surface area contributed by atoms with Crippen LogP contribution in [-0.4, -0.2) is 17.4 Å². The molecule has 0 aliphatic rings. The highest BCUT2D eigenvalue weighted by Crippen LogP contribution is 2.37. The van der Waals surface area contributed by atoms with Crippen LogP contribution in [0.25, 0.3) is 0 Å². The van der Waals surface area contributed by atoms with E-state index in [0.29, 0.717) is 0 Å². The minimum absolute atomic E-state index is 0.0146.